The summed E-state index contributed by atoms with van der Waals surface area (Å²) >= 11 is 1.33. The number of ether oxygens (including phenoxy) is 1. The molecule has 0 atom stereocenters. The van der Waals surface area contributed by atoms with Gasteiger partial charge in [0, 0.05) is 18.5 Å². The fourth-order valence-corrected chi connectivity index (χ4v) is 2.13. The van der Waals surface area contributed by atoms with Crippen LogP contribution in [0.2, 0.25) is 0 Å². The van der Waals surface area contributed by atoms with Crippen LogP contribution in [0.4, 0.5) is 5.13 Å². The molecule has 6 nitrogen and oxygen atoms in total. The number of hydrogen-bond donors (Lipinski definition) is 2. The Morgan fingerprint density at radius 1 is 1.47 bits per heavy atom. The minimum atomic E-state index is -0.142. The van der Waals surface area contributed by atoms with Crippen LogP contribution >= 0.6 is 11.3 Å². The Bertz CT molecular complexity index is 570. The molecule has 7 heteroatoms. The molecule has 0 saturated carbocycles. The van der Waals surface area contributed by atoms with Gasteiger partial charge >= 0.3 is 0 Å². The number of nitrogens with one attached hydrogen (secondary N) is 1. The van der Waals surface area contributed by atoms with Gasteiger partial charge in [-0.1, -0.05) is 17.4 Å². The molecule has 19 heavy (non-hydrogen) atoms. The molecule has 1 amide bonds. The number of nitrogens with two attached hydrogens (primary N) is 1. The Morgan fingerprint density at radius 2 is 2.32 bits per heavy atom. The molecule has 0 spiro atoms. The molecule has 1 heterocycles. The lowest BCUT2D eigenvalue weighted by atomic mass is 10.2. The van der Waals surface area contributed by atoms with E-state index in [0.29, 0.717) is 29.4 Å². The first-order chi connectivity index (χ1) is 9.19. The summed E-state index contributed by atoms with van der Waals surface area (Å²) in [6.07, 6.45) is 0.616. The van der Waals surface area contributed by atoms with Crippen molar-refractivity contribution in [1.29, 1.82) is 0 Å². The third-order valence-electron chi connectivity index (χ3n) is 2.44. The number of amides is 1. The smallest absolute Gasteiger partial charge is 0.251 e. The lowest BCUT2D eigenvalue weighted by Gasteiger charge is -2.05. The number of nitrogens with zero attached hydrogens (tertiary/aromatic N) is 2. The van der Waals surface area contributed by atoms with E-state index in [2.05, 4.69) is 15.5 Å². The summed E-state index contributed by atoms with van der Waals surface area (Å²) in [6.45, 7) is 0.491. The first-order valence-corrected chi connectivity index (χ1v) is 6.51. The summed E-state index contributed by atoms with van der Waals surface area (Å²) in [5, 5.41) is 11.7. The average molecular weight is 278 g/mol. The predicted octanol–water partition coefficient (Wildman–Crippen LogP) is 1.10. The third kappa shape index (κ3) is 3.65. The van der Waals surface area contributed by atoms with E-state index in [1.807, 2.05) is 0 Å². The third-order valence-corrected chi connectivity index (χ3v) is 3.25. The van der Waals surface area contributed by atoms with Gasteiger partial charge in [0.15, 0.2) is 0 Å². The van der Waals surface area contributed by atoms with E-state index in [4.69, 9.17) is 10.5 Å². The maximum Gasteiger partial charge on any atom is 0.251 e. The van der Waals surface area contributed by atoms with Crippen LogP contribution in [0.1, 0.15) is 15.4 Å². The normalized spacial score (nSPS) is 10.2. The van der Waals surface area contributed by atoms with Crippen molar-refractivity contribution in [1.82, 2.24) is 15.5 Å². The molecule has 0 fully saturated rings. The van der Waals surface area contributed by atoms with E-state index >= 15 is 0 Å². The summed E-state index contributed by atoms with van der Waals surface area (Å²) in [4.78, 5) is 11.9. The molecule has 0 aliphatic rings. The molecule has 0 unspecified atom stereocenters. The zero-order chi connectivity index (χ0) is 13.7. The van der Waals surface area contributed by atoms with Gasteiger partial charge in [-0.15, -0.1) is 10.2 Å². The van der Waals surface area contributed by atoms with Crippen molar-refractivity contribution in [3.8, 4) is 5.75 Å². The molecular weight excluding hydrogens is 264 g/mol. The van der Waals surface area contributed by atoms with Crippen LogP contribution in [0, 0.1) is 0 Å². The number of carbonyl (C=O) groups is 1. The zero-order valence-electron chi connectivity index (χ0n) is 10.4. The summed E-state index contributed by atoms with van der Waals surface area (Å²) < 4.78 is 5.07. The highest BCUT2D eigenvalue weighted by molar-refractivity contribution is 7.15. The lowest BCUT2D eigenvalue weighted by Crippen LogP contribution is -2.25. The van der Waals surface area contributed by atoms with Crippen molar-refractivity contribution in [2.24, 2.45) is 0 Å². The van der Waals surface area contributed by atoms with E-state index in [1.54, 1.807) is 31.4 Å². The van der Waals surface area contributed by atoms with E-state index in [-0.39, 0.29) is 5.91 Å². The van der Waals surface area contributed by atoms with E-state index in [9.17, 15) is 4.79 Å². The van der Waals surface area contributed by atoms with Gasteiger partial charge in [0.25, 0.3) is 5.91 Å². The number of anilines is 1. The highest BCUT2D eigenvalue weighted by atomic mass is 32.1. The van der Waals surface area contributed by atoms with Crippen LogP contribution in [0.3, 0.4) is 0 Å². The molecule has 0 aliphatic carbocycles. The SMILES string of the molecule is COc1cccc(C(=O)NCCc2nnc(N)s2)c1. The Kier molecular flexibility index (Phi) is 4.30. The van der Waals surface area contributed by atoms with Crippen molar-refractivity contribution in [3.05, 3.63) is 34.8 Å². The number of hydrogen-bond acceptors (Lipinski definition) is 6. The largest absolute Gasteiger partial charge is 0.497 e. The molecule has 1 aromatic carbocycles. The second-order valence-electron chi connectivity index (χ2n) is 3.77. The van der Waals surface area contributed by atoms with E-state index in [1.165, 1.54) is 11.3 Å². The predicted molar refractivity (Wildman–Crippen MR) is 73.4 cm³/mol. The van der Waals surface area contributed by atoms with Crippen LogP contribution < -0.4 is 15.8 Å². The van der Waals surface area contributed by atoms with E-state index < -0.39 is 0 Å². The lowest BCUT2D eigenvalue weighted by molar-refractivity contribution is 0.0954. The molecular formula is C12H14N4O2S. The van der Waals surface area contributed by atoms with Crippen molar-refractivity contribution in [2.75, 3.05) is 19.4 Å². The minimum absolute atomic E-state index is 0.142. The van der Waals surface area contributed by atoms with Gasteiger partial charge in [0.1, 0.15) is 10.8 Å². The van der Waals surface area contributed by atoms with Gasteiger partial charge in [-0.05, 0) is 18.2 Å². The Hall–Kier alpha value is -2.15. The molecule has 1 aromatic heterocycles. The highest BCUT2D eigenvalue weighted by Crippen LogP contribution is 2.13. The fourth-order valence-electron chi connectivity index (χ4n) is 1.52. The number of methoxy groups -OCH3 is 1. The molecule has 0 aliphatic heterocycles. The van der Waals surface area contributed by atoms with Gasteiger partial charge in [0.2, 0.25) is 5.13 Å². The first-order valence-electron chi connectivity index (χ1n) is 5.69. The number of aromatic nitrogens is 2. The van der Waals surface area contributed by atoms with Crippen molar-refractivity contribution < 1.29 is 9.53 Å². The molecule has 0 saturated heterocycles. The number of carbonyl (C=O) groups excluding carboxylic acids is 1. The maximum absolute atomic E-state index is 11.9. The summed E-state index contributed by atoms with van der Waals surface area (Å²) in [6, 6.07) is 7.00. The molecule has 100 valence electrons. The van der Waals surface area contributed by atoms with Crippen molar-refractivity contribution in [3.63, 3.8) is 0 Å². The van der Waals surface area contributed by atoms with E-state index in [0.717, 1.165) is 5.01 Å². The number of nitrogen functional groups attached to an aromatic ring is 1. The van der Waals surface area contributed by atoms with Gasteiger partial charge in [-0.25, -0.2) is 0 Å². The van der Waals surface area contributed by atoms with Crippen molar-refractivity contribution >= 4 is 22.4 Å². The van der Waals surface area contributed by atoms with Crippen LogP contribution in [-0.4, -0.2) is 29.8 Å². The average Bonchev–Trinajstić information content (AvgIpc) is 2.84. The summed E-state index contributed by atoms with van der Waals surface area (Å²) in [7, 11) is 1.57. The Balaban J connectivity index is 1.87. The standard InChI is InChI=1S/C12H14N4O2S/c1-18-9-4-2-3-8(7-9)11(17)14-6-5-10-15-16-12(13)19-10/h2-4,7H,5-6H2,1H3,(H2,13,16)(H,14,17). The molecule has 2 rings (SSSR count). The highest BCUT2D eigenvalue weighted by Gasteiger charge is 2.07. The van der Waals surface area contributed by atoms with Gasteiger partial charge < -0.3 is 15.8 Å². The van der Waals surface area contributed by atoms with Crippen molar-refractivity contribution in [2.45, 2.75) is 6.42 Å². The monoisotopic (exact) mass is 278 g/mol. The van der Waals surface area contributed by atoms with Crippen LogP contribution in [-0.2, 0) is 6.42 Å². The molecule has 0 radical (unpaired) electrons. The van der Waals surface area contributed by atoms with Crippen LogP contribution in [0.5, 0.6) is 5.75 Å². The fraction of sp³-hybridized carbons (Fsp3) is 0.250. The minimum Gasteiger partial charge on any atom is -0.497 e. The van der Waals surface area contributed by atoms with Crippen LogP contribution in [0.25, 0.3) is 0 Å². The zero-order valence-corrected chi connectivity index (χ0v) is 11.2. The first kappa shape index (κ1) is 13.3. The Labute approximate surface area is 114 Å². The summed E-state index contributed by atoms with van der Waals surface area (Å²) in [5.41, 5.74) is 6.04. The topological polar surface area (TPSA) is 90.1 Å². The quantitative estimate of drug-likeness (QED) is 0.854. The molecule has 3 N–H and O–H groups in total. The molecule has 2 aromatic rings. The summed E-state index contributed by atoms with van der Waals surface area (Å²) in [5.74, 6) is 0.515. The second kappa shape index (κ2) is 6.14. The van der Waals surface area contributed by atoms with Gasteiger partial charge in [-0.3, -0.25) is 4.79 Å². The molecule has 0 bridgehead atoms. The second-order valence-corrected chi connectivity index (χ2v) is 4.87. The maximum atomic E-state index is 11.9. The number of rotatable bonds is 5. The van der Waals surface area contributed by atoms with Crippen LogP contribution in [0.15, 0.2) is 24.3 Å². The number of benzene rings is 1. The van der Waals surface area contributed by atoms with Gasteiger partial charge in [0.05, 0.1) is 7.11 Å². The van der Waals surface area contributed by atoms with Gasteiger partial charge in [-0.2, -0.15) is 0 Å². The Morgan fingerprint density at radius 3 is 3.00 bits per heavy atom.